The molecule has 0 saturated carbocycles. The van der Waals surface area contributed by atoms with Crippen molar-refractivity contribution in [1.82, 2.24) is 5.43 Å². The number of hydrazine groups is 1. The topological polar surface area (TPSA) is 38.0 Å². The molecule has 0 bridgehead atoms. The van der Waals surface area contributed by atoms with Crippen molar-refractivity contribution in [3.8, 4) is 0 Å². The van der Waals surface area contributed by atoms with E-state index in [1.165, 1.54) is 6.07 Å². The van der Waals surface area contributed by atoms with Gasteiger partial charge in [0.25, 0.3) is 0 Å². The van der Waals surface area contributed by atoms with Crippen molar-refractivity contribution in [2.24, 2.45) is 5.84 Å². The van der Waals surface area contributed by atoms with E-state index < -0.39 is 0 Å². The first kappa shape index (κ1) is 16.8. The summed E-state index contributed by atoms with van der Waals surface area (Å²) >= 11 is 11.0. The van der Waals surface area contributed by atoms with Gasteiger partial charge in [-0.1, -0.05) is 35.9 Å². The highest BCUT2D eigenvalue weighted by molar-refractivity contribution is 9.10. The lowest BCUT2D eigenvalue weighted by Gasteiger charge is -2.17. The molecule has 0 aromatic heterocycles. The second-order valence-electron chi connectivity index (χ2n) is 4.52. The summed E-state index contributed by atoms with van der Waals surface area (Å²) in [6.45, 7) is 0. The number of halogens is 3. The molecule has 2 aromatic carbocycles. The molecule has 6 heteroatoms. The summed E-state index contributed by atoms with van der Waals surface area (Å²) in [5.74, 6) is 6.08. The van der Waals surface area contributed by atoms with Crippen molar-refractivity contribution in [2.75, 3.05) is 5.75 Å². The zero-order chi connectivity index (χ0) is 15.2. The summed E-state index contributed by atoms with van der Waals surface area (Å²) in [5.41, 5.74) is 3.67. The predicted octanol–water partition coefficient (Wildman–Crippen LogP) is 4.41. The Morgan fingerprint density at radius 2 is 2.00 bits per heavy atom. The van der Waals surface area contributed by atoms with Crippen molar-refractivity contribution >= 4 is 39.3 Å². The van der Waals surface area contributed by atoms with Crippen LogP contribution in [0.2, 0.25) is 5.02 Å². The molecule has 0 radical (unpaired) electrons. The normalized spacial score (nSPS) is 12.4. The van der Waals surface area contributed by atoms with Crippen molar-refractivity contribution in [3.05, 3.63) is 63.3 Å². The lowest BCUT2D eigenvalue weighted by molar-refractivity contribution is 0.568. The molecular weight excluding hydrogens is 375 g/mol. The van der Waals surface area contributed by atoms with Crippen molar-refractivity contribution in [1.29, 1.82) is 0 Å². The number of benzene rings is 2. The van der Waals surface area contributed by atoms with Crippen LogP contribution in [-0.2, 0) is 6.42 Å². The number of thioether (sulfide) groups is 1. The van der Waals surface area contributed by atoms with Crippen LogP contribution in [0.1, 0.15) is 5.56 Å². The molecule has 3 N–H and O–H groups in total. The van der Waals surface area contributed by atoms with E-state index in [-0.39, 0.29) is 11.9 Å². The van der Waals surface area contributed by atoms with Gasteiger partial charge in [-0.05, 0) is 46.1 Å². The van der Waals surface area contributed by atoms with E-state index in [1.807, 2.05) is 30.3 Å². The number of rotatable bonds is 6. The zero-order valence-corrected chi connectivity index (χ0v) is 14.3. The maximum absolute atomic E-state index is 13.5. The van der Waals surface area contributed by atoms with E-state index in [0.29, 0.717) is 10.9 Å². The maximum atomic E-state index is 13.5. The third-order valence-electron chi connectivity index (χ3n) is 3.01. The Morgan fingerprint density at radius 1 is 1.24 bits per heavy atom. The van der Waals surface area contributed by atoms with Gasteiger partial charge in [0.2, 0.25) is 0 Å². The Morgan fingerprint density at radius 3 is 2.71 bits per heavy atom. The van der Waals surface area contributed by atoms with Crippen LogP contribution in [0.5, 0.6) is 0 Å². The zero-order valence-electron chi connectivity index (χ0n) is 11.2. The molecule has 0 aliphatic heterocycles. The number of hydrogen-bond acceptors (Lipinski definition) is 3. The van der Waals surface area contributed by atoms with Gasteiger partial charge in [0.05, 0.1) is 9.50 Å². The van der Waals surface area contributed by atoms with Crippen LogP contribution in [0.3, 0.4) is 0 Å². The molecule has 1 atom stereocenters. The average Bonchev–Trinajstić information content (AvgIpc) is 2.49. The summed E-state index contributed by atoms with van der Waals surface area (Å²) < 4.78 is 14.0. The van der Waals surface area contributed by atoms with E-state index in [9.17, 15) is 4.39 Å². The largest absolute Gasteiger partial charge is 0.271 e. The minimum absolute atomic E-state index is 0.0179. The lowest BCUT2D eigenvalue weighted by Crippen LogP contribution is -2.38. The number of nitrogens with two attached hydrogens (primary N) is 1. The molecule has 0 aliphatic carbocycles. The molecule has 0 spiro atoms. The fraction of sp³-hybridized carbons (Fsp3) is 0.200. The van der Waals surface area contributed by atoms with Gasteiger partial charge in [-0.25, -0.2) is 4.39 Å². The first-order chi connectivity index (χ1) is 10.1. The van der Waals surface area contributed by atoms with Gasteiger partial charge in [-0.3, -0.25) is 11.3 Å². The van der Waals surface area contributed by atoms with Gasteiger partial charge in [0.15, 0.2) is 0 Å². The molecule has 2 aromatic rings. The monoisotopic (exact) mass is 388 g/mol. The summed E-state index contributed by atoms with van der Waals surface area (Å²) in [6, 6.07) is 12.7. The van der Waals surface area contributed by atoms with E-state index in [1.54, 1.807) is 17.8 Å². The SMILES string of the molecule is NNC(CSc1ccccc1Cl)Cc1cccc(F)c1Br. The van der Waals surface area contributed by atoms with Crippen LogP contribution in [0.4, 0.5) is 4.39 Å². The van der Waals surface area contributed by atoms with Gasteiger partial charge < -0.3 is 0 Å². The molecule has 0 amide bonds. The molecule has 1 unspecified atom stereocenters. The van der Waals surface area contributed by atoms with Crippen molar-refractivity contribution in [3.63, 3.8) is 0 Å². The summed E-state index contributed by atoms with van der Waals surface area (Å²) in [4.78, 5) is 1.01. The third kappa shape index (κ3) is 4.69. The summed E-state index contributed by atoms with van der Waals surface area (Å²) in [7, 11) is 0. The maximum Gasteiger partial charge on any atom is 0.137 e. The molecule has 0 fully saturated rings. The minimum atomic E-state index is -0.262. The fourth-order valence-electron chi connectivity index (χ4n) is 1.89. The second kappa shape index (κ2) is 8.15. The van der Waals surface area contributed by atoms with Crippen molar-refractivity contribution < 1.29 is 4.39 Å². The van der Waals surface area contributed by atoms with E-state index in [2.05, 4.69) is 21.4 Å². The molecule has 21 heavy (non-hydrogen) atoms. The predicted molar refractivity (Wildman–Crippen MR) is 91.1 cm³/mol. The second-order valence-corrected chi connectivity index (χ2v) is 6.78. The number of nitrogens with one attached hydrogen (secondary N) is 1. The van der Waals surface area contributed by atoms with E-state index in [0.717, 1.165) is 21.2 Å². The molecular formula is C15H15BrClFN2S. The first-order valence-electron chi connectivity index (χ1n) is 6.38. The van der Waals surface area contributed by atoms with Gasteiger partial charge >= 0.3 is 0 Å². The van der Waals surface area contributed by atoms with E-state index >= 15 is 0 Å². The average molecular weight is 390 g/mol. The molecule has 2 rings (SSSR count). The lowest BCUT2D eigenvalue weighted by atomic mass is 10.1. The number of hydrogen-bond donors (Lipinski definition) is 2. The van der Waals surface area contributed by atoms with Crippen LogP contribution in [-0.4, -0.2) is 11.8 Å². The summed E-state index contributed by atoms with van der Waals surface area (Å²) in [6.07, 6.45) is 0.631. The Hall–Kier alpha value is -0.590. The first-order valence-corrected chi connectivity index (χ1v) is 8.54. The van der Waals surface area contributed by atoms with Crippen LogP contribution >= 0.6 is 39.3 Å². The highest BCUT2D eigenvalue weighted by atomic mass is 79.9. The van der Waals surface area contributed by atoms with Gasteiger partial charge in [-0.2, -0.15) is 0 Å². The molecule has 2 nitrogen and oxygen atoms in total. The van der Waals surface area contributed by atoms with Gasteiger partial charge in [-0.15, -0.1) is 11.8 Å². The Labute approximate surface area is 141 Å². The Kier molecular flexibility index (Phi) is 6.51. The van der Waals surface area contributed by atoms with Crippen LogP contribution in [0.15, 0.2) is 51.8 Å². The van der Waals surface area contributed by atoms with Crippen molar-refractivity contribution in [2.45, 2.75) is 17.4 Å². The smallest absolute Gasteiger partial charge is 0.137 e. The summed E-state index contributed by atoms with van der Waals surface area (Å²) in [5, 5.41) is 0.727. The fourth-order valence-corrected chi connectivity index (χ4v) is 3.59. The highest BCUT2D eigenvalue weighted by Gasteiger charge is 2.13. The standard InChI is InChI=1S/C15H15BrClFN2S/c16-15-10(4-3-6-13(15)18)8-11(20-19)9-21-14-7-2-1-5-12(14)17/h1-7,11,20H,8-9,19H2. The quantitative estimate of drug-likeness (QED) is 0.437. The molecule has 0 saturated heterocycles. The van der Waals surface area contributed by atoms with Crippen LogP contribution in [0.25, 0.3) is 0 Å². The minimum Gasteiger partial charge on any atom is -0.271 e. The Bertz CT molecular complexity index is 612. The van der Waals surface area contributed by atoms with Crippen LogP contribution < -0.4 is 11.3 Å². The van der Waals surface area contributed by atoms with Crippen LogP contribution in [0, 0.1) is 5.82 Å². The highest BCUT2D eigenvalue weighted by Crippen LogP contribution is 2.28. The molecule has 0 aliphatic rings. The third-order valence-corrected chi connectivity index (χ3v) is 5.58. The van der Waals surface area contributed by atoms with Gasteiger partial charge in [0.1, 0.15) is 5.82 Å². The molecule has 112 valence electrons. The Balaban J connectivity index is 2.01. The molecule has 0 heterocycles. The van der Waals surface area contributed by atoms with Gasteiger partial charge in [0, 0.05) is 16.7 Å². The van der Waals surface area contributed by atoms with E-state index in [4.69, 9.17) is 17.4 Å².